The van der Waals surface area contributed by atoms with Gasteiger partial charge in [0.2, 0.25) is 0 Å². The minimum Gasteiger partial charge on any atom is -0.464 e. The van der Waals surface area contributed by atoms with Crippen LogP contribution in [0.4, 0.5) is 4.39 Å². The first kappa shape index (κ1) is 16.7. The second kappa shape index (κ2) is 6.79. The van der Waals surface area contributed by atoms with Gasteiger partial charge in [0.1, 0.15) is 6.67 Å². The summed E-state index contributed by atoms with van der Waals surface area (Å²) in [6.45, 7) is -0.282. The molecule has 0 spiro atoms. The van der Waals surface area contributed by atoms with Crippen LogP contribution in [-0.2, 0) is 18.0 Å². The molecule has 0 bridgehead atoms. The Hall–Kier alpha value is -2.11. The summed E-state index contributed by atoms with van der Waals surface area (Å²) >= 11 is 12.1. The van der Waals surface area contributed by atoms with Crippen molar-refractivity contribution in [3.05, 3.63) is 63.3 Å². The lowest BCUT2D eigenvalue weighted by atomic mass is 10.1. The van der Waals surface area contributed by atoms with Crippen molar-refractivity contribution in [1.82, 2.24) is 9.78 Å². The van der Waals surface area contributed by atoms with E-state index in [1.807, 2.05) is 0 Å². The number of carbonyl (C=O) groups is 1. The highest BCUT2D eigenvalue weighted by Gasteiger charge is 2.18. The van der Waals surface area contributed by atoms with Crippen molar-refractivity contribution in [3.63, 3.8) is 0 Å². The Morgan fingerprint density at radius 2 is 2.04 bits per heavy atom. The number of nitrogens with zero attached hydrogens (tertiary/aromatic N) is 2. The van der Waals surface area contributed by atoms with Crippen LogP contribution in [0.2, 0.25) is 10.0 Å². The molecule has 0 saturated carbocycles. The van der Waals surface area contributed by atoms with Crippen molar-refractivity contribution >= 4 is 40.1 Å². The minimum atomic E-state index is -0.601. The molecule has 3 rings (SSSR count). The van der Waals surface area contributed by atoms with E-state index >= 15 is 0 Å². The van der Waals surface area contributed by atoms with Gasteiger partial charge in [0, 0.05) is 15.4 Å². The molecule has 0 amide bonds. The first-order valence-corrected chi connectivity index (χ1v) is 7.86. The Labute approximate surface area is 147 Å². The van der Waals surface area contributed by atoms with Crippen LogP contribution >= 0.6 is 23.2 Å². The third-order valence-corrected chi connectivity index (χ3v) is 4.27. The van der Waals surface area contributed by atoms with Gasteiger partial charge >= 0.3 is 5.97 Å². The lowest BCUT2D eigenvalue weighted by Crippen LogP contribution is -2.06. The summed E-state index contributed by atoms with van der Waals surface area (Å²) < 4.78 is 19.4. The third-order valence-electron chi connectivity index (χ3n) is 3.68. The maximum absolute atomic E-state index is 13.0. The zero-order valence-corrected chi connectivity index (χ0v) is 14.2. The fourth-order valence-corrected chi connectivity index (χ4v) is 2.95. The summed E-state index contributed by atoms with van der Waals surface area (Å²) in [5, 5.41) is 5.95. The van der Waals surface area contributed by atoms with Crippen LogP contribution in [0.5, 0.6) is 0 Å². The molecule has 124 valence electrons. The average molecular weight is 367 g/mol. The van der Waals surface area contributed by atoms with Crippen molar-refractivity contribution in [2.24, 2.45) is 0 Å². The van der Waals surface area contributed by atoms with Gasteiger partial charge < -0.3 is 4.74 Å². The predicted octanol–water partition coefficient (Wildman–Crippen LogP) is 4.65. The summed E-state index contributed by atoms with van der Waals surface area (Å²) in [5.41, 5.74) is 2.11. The first-order chi connectivity index (χ1) is 11.5. The molecule has 1 aromatic heterocycles. The zero-order valence-electron chi connectivity index (χ0n) is 12.7. The van der Waals surface area contributed by atoms with Gasteiger partial charge in [0.05, 0.1) is 19.2 Å². The summed E-state index contributed by atoms with van der Waals surface area (Å²) in [6, 6.07) is 10.1. The van der Waals surface area contributed by atoms with E-state index in [0.717, 1.165) is 5.56 Å². The van der Waals surface area contributed by atoms with E-state index in [-0.39, 0.29) is 5.69 Å². The van der Waals surface area contributed by atoms with Crippen molar-refractivity contribution in [2.45, 2.75) is 13.2 Å². The molecule has 0 aliphatic heterocycles. The lowest BCUT2D eigenvalue weighted by molar-refractivity contribution is 0.0595. The van der Waals surface area contributed by atoms with E-state index in [4.69, 9.17) is 27.9 Å². The average Bonchev–Trinajstić information content (AvgIpc) is 2.94. The standard InChI is InChI=1S/C17H13Cl2FN2O2/c1-24-17(23)16-13-5-2-10(8-20)6-15(13)22(21-16)9-11-3-4-12(18)7-14(11)19/h2-7H,8-9H2,1H3. The number of halogens is 3. The van der Waals surface area contributed by atoms with Crippen LogP contribution in [0, 0.1) is 0 Å². The topological polar surface area (TPSA) is 44.1 Å². The van der Waals surface area contributed by atoms with Crippen LogP contribution in [0.15, 0.2) is 36.4 Å². The van der Waals surface area contributed by atoms with Crippen molar-refractivity contribution in [3.8, 4) is 0 Å². The van der Waals surface area contributed by atoms with Crippen LogP contribution < -0.4 is 0 Å². The largest absolute Gasteiger partial charge is 0.464 e. The maximum Gasteiger partial charge on any atom is 0.359 e. The number of alkyl halides is 1. The SMILES string of the molecule is COC(=O)c1nn(Cc2ccc(Cl)cc2Cl)c2cc(CF)ccc12. The van der Waals surface area contributed by atoms with E-state index in [2.05, 4.69) is 5.10 Å². The van der Waals surface area contributed by atoms with Gasteiger partial charge in [-0.05, 0) is 35.4 Å². The number of aromatic nitrogens is 2. The molecule has 0 atom stereocenters. The molecular formula is C17H13Cl2FN2O2. The second-order valence-electron chi connectivity index (χ2n) is 5.22. The molecule has 24 heavy (non-hydrogen) atoms. The Balaban J connectivity index is 2.13. The first-order valence-electron chi connectivity index (χ1n) is 7.11. The van der Waals surface area contributed by atoms with Crippen molar-refractivity contribution < 1.29 is 13.9 Å². The monoisotopic (exact) mass is 366 g/mol. The Morgan fingerprint density at radius 1 is 1.25 bits per heavy atom. The molecule has 0 aliphatic carbocycles. The highest BCUT2D eigenvalue weighted by Crippen LogP contribution is 2.26. The predicted molar refractivity (Wildman–Crippen MR) is 91.4 cm³/mol. The number of hydrogen-bond donors (Lipinski definition) is 0. The number of methoxy groups -OCH3 is 1. The Morgan fingerprint density at radius 3 is 2.71 bits per heavy atom. The zero-order chi connectivity index (χ0) is 17.3. The molecule has 0 fully saturated rings. The van der Waals surface area contributed by atoms with E-state index in [1.165, 1.54) is 7.11 Å². The number of fused-ring (bicyclic) bond motifs is 1. The number of ether oxygens (including phenoxy) is 1. The summed E-state index contributed by atoms with van der Waals surface area (Å²) in [5.74, 6) is -0.547. The Bertz CT molecular complexity index is 924. The summed E-state index contributed by atoms with van der Waals surface area (Å²) in [4.78, 5) is 11.9. The molecular weight excluding hydrogens is 354 g/mol. The molecule has 0 aliphatic rings. The third kappa shape index (κ3) is 3.09. The second-order valence-corrected chi connectivity index (χ2v) is 6.06. The molecule has 1 heterocycles. The van der Waals surface area contributed by atoms with Gasteiger partial charge in [-0.2, -0.15) is 5.10 Å². The Kier molecular flexibility index (Phi) is 4.73. The van der Waals surface area contributed by atoms with Crippen LogP contribution in [0.25, 0.3) is 10.9 Å². The molecule has 2 aromatic carbocycles. The molecule has 4 nitrogen and oxygen atoms in total. The van der Waals surface area contributed by atoms with Crippen LogP contribution in [0.3, 0.4) is 0 Å². The number of benzene rings is 2. The van der Waals surface area contributed by atoms with Crippen molar-refractivity contribution in [1.29, 1.82) is 0 Å². The summed E-state index contributed by atoms with van der Waals surface area (Å²) in [7, 11) is 1.29. The van der Waals surface area contributed by atoms with Gasteiger partial charge in [-0.3, -0.25) is 4.68 Å². The number of rotatable bonds is 4. The molecule has 0 N–H and O–H groups in total. The molecule has 0 radical (unpaired) electrons. The smallest absolute Gasteiger partial charge is 0.359 e. The van der Waals surface area contributed by atoms with Crippen LogP contribution in [0.1, 0.15) is 21.6 Å². The van der Waals surface area contributed by atoms with Gasteiger partial charge in [-0.1, -0.05) is 35.3 Å². The van der Waals surface area contributed by atoms with E-state index in [0.29, 0.717) is 33.1 Å². The number of carbonyl (C=O) groups excluding carboxylic acids is 1. The highest BCUT2D eigenvalue weighted by atomic mass is 35.5. The molecule has 0 unspecified atom stereocenters. The van der Waals surface area contributed by atoms with E-state index in [9.17, 15) is 9.18 Å². The fourth-order valence-electron chi connectivity index (χ4n) is 2.48. The fraction of sp³-hybridized carbons (Fsp3) is 0.176. The van der Waals surface area contributed by atoms with Gasteiger partial charge in [0.25, 0.3) is 0 Å². The van der Waals surface area contributed by atoms with Crippen LogP contribution in [-0.4, -0.2) is 22.9 Å². The lowest BCUT2D eigenvalue weighted by Gasteiger charge is -2.07. The van der Waals surface area contributed by atoms with Gasteiger partial charge in [-0.15, -0.1) is 0 Å². The molecule has 0 saturated heterocycles. The van der Waals surface area contributed by atoms with Crippen molar-refractivity contribution in [2.75, 3.05) is 7.11 Å². The number of hydrogen-bond acceptors (Lipinski definition) is 3. The molecule has 3 aromatic rings. The van der Waals surface area contributed by atoms with E-state index < -0.39 is 12.6 Å². The number of esters is 1. The minimum absolute atomic E-state index is 0.183. The summed E-state index contributed by atoms with van der Waals surface area (Å²) in [6.07, 6.45) is 0. The van der Waals surface area contributed by atoms with Gasteiger partial charge in [0.15, 0.2) is 5.69 Å². The highest BCUT2D eigenvalue weighted by molar-refractivity contribution is 6.35. The normalized spacial score (nSPS) is 11.0. The molecule has 7 heteroatoms. The van der Waals surface area contributed by atoms with Gasteiger partial charge in [-0.25, -0.2) is 9.18 Å². The van der Waals surface area contributed by atoms with E-state index in [1.54, 1.807) is 41.1 Å². The quantitative estimate of drug-likeness (QED) is 0.631. The maximum atomic E-state index is 13.0.